The van der Waals surface area contributed by atoms with Crippen molar-refractivity contribution in [3.8, 4) is 22.5 Å². The average molecular weight is 355 g/mol. The van der Waals surface area contributed by atoms with E-state index in [1.165, 1.54) is 10.7 Å². The largest absolute Gasteiger partial charge is 0.368 e. The summed E-state index contributed by atoms with van der Waals surface area (Å²) in [5, 5.41) is 4.54. The lowest BCUT2D eigenvalue weighted by molar-refractivity contribution is 0.642. The lowest BCUT2D eigenvalue weighted by Crippen LogP contribution is -2.23. The molecule has 0 aliphatic heterocycles. The van der Waals surface area contributed by atoms with E-state index in [0.717, 1.165) is 16.7 Å². The molecule has 4 rings (SSSR count). The van der Waals surface area contributed by atoms with Crippen LogP contribution < -0.4 is 11.3 Å². The molecule has 0 aliphatic rings. The van der Waals surface area contributed by atoms with E-state index in [4.69, 9.17) is 5.73 Å². The molecule has 0 aliphatic carbocycles. The normalized spacial score (nSPS) is 10.7. The molecular weight excluding hydrogens is 338 g/mol. The molecule has 0 bridgehead atoms. The van der Waals surface area contributed by atoms with E-state index >= 15 is 0 Å². The predicted octanol–water partition coefficient (Wildman–Crippen LogP) is 3.00. The smallest absolute Gasteiger partial charge is 0.267 e. The molecule has 2 aromatic heterocycles. The van der Waals surface area contributed by atoms with Crippen LogP contribution in [0.1, 0.15) is 5.56 Å². The minimum absolute atomic E-state index is 0.166. The lowest BCUT2D eigenvalue weighted by atomic mass is 10.0. The van der Waals surface area contributed by atoms with Gasteiger partial charge < -0.3 is 5.73 Å². The molecule has 2 heterocycles. The van der Waals surface area contributed by atoms with Gasteiger partial charge in [0.05, 0.1) is 17.9 Å². The Hall–Kier alpha value is -3.80. The monoisotopic (exact) mass is 355 g/mol. The van der Waals surface area contributed by atoms with Gasteiger partial charge in [0.15, 0.2) is 0 Å². The third-order valence-electron chi connectivity index (χ3n) is 4.17. The van der Waals surface area contributed by atoms with Crippen molar-refractivity contribution < 1.29 is 0 Å². The molecule has 0 saturated carbocycles. The number of nitrogens with zero attached hydrogens (tertiary/aromatic N) is 4. The molecule has 0 spiro atoms. The first-order valence-corrected chi connectivity index (χ1v) is 8.51. The van der Waals surface area contributed by atoms with Crippen LogP contribution in [0.15, 0.2) is 83.8 Å². The molecule has 6 nitrogen and oxygen atoms in total. The minimum atomic E-state index is -0.166. The van der Waals surface area contributed by atoms with Crippen molar-refractivity contribution in [2.24, 2.45) is 0 Å². The topological polar surface area (TPSA) is 86.7 Å². The van der Waals surface area contributed by atoms with Gasteiger partial charge in [-0.05, 0) is 11.6 Å². The Morgan fingerprint density at radius 1 is 0.889 bits per heavy atom. The zero-order valence-electron chi connectivity index (χ0n) is 14.5. The fourth-order valence-electron chi connectivity index (χ4n) is 2.86. The molecule has 2 aromatic carbocycles. The number of benzene rings is 2. The minimum Gasteiger partial charge on any atom is -0.368 e. The van der Waals surface area contributed by atoms with Crippen LogP contribution in [0.2, 0.25) is 0 Å². The number of anilines is 1. The van der Waals surface area contributed by atoms with Crippen LogP contribution in [0.4, 0.5) is 5.95 Å². The van der Waals surface area contributed by atoms with E-state index in [1.54, 1.807) is 12.3 Å². The molecule has 0 fully saturated rings. The van der Waals surface area contributed by atoms with Gasteiger partial charge in [-0.1, -0.05) is 60.7 Å². The van der Waals surface area contributed by atoms with E-state index in [-0.39, 0.29) is 11.5 Å². The van der Waals surface area contributed by atoms with Crippen molar-refractivity contribution in [3.05, 3.63) is 94.9 Å². The fraction of sp³-hybridized carbons (Fsp3) is 0.0476. The highest BCUT2D eigenvalue weighted by atomic mass is 16.1. The second kappa shape index (κ2) is 7.21. The van der Waals surface area contributed by atoms with Gasteiger partial charge in [0.2, 0.25) is 5.95 Å². The van der Waals surface area contributed by atoms with Gasteiger partial charge >= 0.3 is 0 Å². The maximum absolute atomic E-state index is 12.3. The van der Waals surface area contributed by atoms with Crippen LogP contribution in [0, 0.1) is 0 Å². The average Bonchev–Trinajstić information content (AvgIpc) is 2.71. The maximum Gasteiger partial charge on any atom is 0.267 e. The Balaban J connectivity index is 1.81. The molecular formula is C21H17N5O. The number of hydrogen-bond acceptors (Lipinski definition) is 5. The van der Waals surface area contributed by atoms with Gasteiger partial charge in [-0.15, -0.1) is 0 Å². The Kier molecular flexibility index (Phi) is 4.45. The molecule has 0 atom stereocenters. The highest BCUT2D eigenvalue weighted by Gasteiger charge is 2.13. The Bertz CT molecular complexity index is 1120. The van der Waals surface area contributed by atoms with E-state index < -0.39 is 0 Å². The van der Waals surface area contributed by atoms with Gasteiger partial charge in [-0.2, -0.15) is 5.10 Å². The van der Waals surface area contributed by atoms with Gasteiger partial charge in [0, 0.05) is 23.4 Å². The van der Waals surface area contributed by atoms with E-state index in [1.807, 2.05) is 60.7 Å². The fourth-order valence-corrected chi connectivity index (χ4v) is 2.86. The summed E-state index contributed by atoms with van der Waals surface area (Å²) in [5.41, 5.74) is 9.56. The van der Waals surface area contributed by atoms with Crippen LogP contribution in [0.25, 0.3) is 22.5 Å². The Labute approximate surface area is 156 Å². The molecule has 0 amide bonds. The van der Waals surface area contributed by atoms with Crippen LogP contribution in [0.3, 0.4) is 0 Å². The first-order valence-electron chi connectivity index (χ1n) is 8.51. The van der Waals surface area contributed by atoms with Crippen LogP contribution in [-0.2, 0) is 6.54 Å². The molecule has 0 radical (unpaired) electrons. The van der Waals surface area contributed by atoms with Crippen LogP contribution in [0.5, 0.6) is 0 Å². The standard InChI is InChI=1S/C21H17N5O/c22-21-23-13-17(20(24-21)16-9-5-2-6-10-16)18-11-12-19(27)26(25-18)14-15-7-3-1-4-8-15/h1-13H,14H2,(H2,22,23,24). The van der Waals surface area contributed by atoms with Crippen molar-refractivity contribution in [3.63, 3.8) is 0 Å². The van der Waals surface area contributed by atoms with Gasteiger partial charge in [-0.25, -0.2) is 14.6 Å². The second-order valence-electron chi connectivity index (χ2n) is 6.06. The van der Waals surface area contributed by atoms with Crippen molar-refractivity contribution in [1.82, 2.24) is 19.7 Å². The third kappa shape index (κ3) is 3.59. The van der Waals surface area contributed by atoms with Crippen molar-refractivity contribution in [2.75, 3.05) is 5.73 Å². The van der Waals surface area contributed by atoms with Gasteiger partial charge in [0.25, 0.3) is 5.56 Å². The first-order chi connectivity index (χ1) is 13.2. The summed E-state index contributed by atoms with van der Waals surface area (Å²) in [4.78, 5) is 20.8. The van der Waals surface area contributed by atoms with Crippen molar-refractivity contribution >= 4 is 5.95 Å². The molecule has 0 unspecified atom stereocenters. The lowest BCUT2D eigenvalue weighted by Gasteiger charge is -2.11. The van der Waals surface area contributed by atoms with E-state index in [0.29, 0.717) is 17.9 Å². The number of hydrogen-bond donors (Lipinski definition) is 1. The molecule has 2 N–H and O–H groups in total. The summed E-state index contributed by atoms with van der Waals surface area (Å²) in [6.07, 6.45) is 1.64. The summed E-state index contributed by atoms with van der Waals surface area (Å²) in [7, 11) is 0. The van der Waals surface area contributed by atoms with Crippen molar-refractivity contribution in [1.29, 1.82) is 0 Å². The molecule has 4 aromatic rings. The Morgan fingerprint density at radius 3 is 2.33 bits per heavy atom. The molecule has 6 heteroatoms. The summed E-state index contributed by atoms with van der Waals surface area (Å²) in [5.74, 6) is 0.190. The summed E-state index contributed by atoms with van der Waals surface area (Å²) in [6.45, 7) is 0.393. The summed E-state index contributed by atoms with van der Waals surface area (Å²) < 4.78 is 1.44. The van der Waals surface area contributed by atoms with Gasteiger partial charge in [-0.3, -0.25) is 4.79 Å². The highest BCUT2D eigenvalue weighted by molar-refractivity contribution is 5.78. The van der Waals surface area contributed by atoms with Crippen LogP contribution in [-0.4, -0.2) is 19.7 Å². The van der Waals surface area contributed by atoms with Crippen LogP contribution >= 0.6 is 0 Å². The molecule has 0 saturated heterocycles. The molecule has 132 valence electrons. The summed E-state index contributed by atoms with van der Waals surface area (Å²) in [6, 6.07) is 22.6. The third-order valence-corrected chi connectivity index (χ3v) is 4.17. The molecule has 27 heavy (non-hydrogen) atoms. The zero-order chi connectivity index (χ0) is 18.6. The predicted molar refractivity (Wildman–Crippen MR) is 105 cm³/mol. The summed E-state index contributed by atoms with van der Waals surface area (Å²) >= 11 is 0. The number of aromatic nitrogens is 4. The second-order valence-corrected chi connectivity index (χ2v) is 6.06. The Morgan fingerprint density at radius 2 is 1.59 bits per heavy atom. The number of nitrogen functional groups attached to an aromatic ring is 1. The first kappa shape index (κ1) is 16.7. The van der Waals surface area contributed by atoms with Crippen molar-refractivity contribution in [2.45, 2.75) is 6.54 Å². The van der Waals surface area contributed by atoms with Gasteiger partial charge in [0.1, 0.15) is 0 Å². The van der Waals surface area contributed by atoms with E-state index in [2.05, 4.69) is 15.1 Å². The maximum atomic E-state index is 12.3. The van der Waals surface area contributed by atoms with E-state index in [9.17, 15) is 4.79 Å². The SMILES string of the molecule is Nc1ncc(-c2ccc(=O)n(Cc3ccccc3)n2)c(-c2ccccc2)n1. The zero-order valence-corrected chi connectivity index (χ0v) is 14.5. The number of rotatable bonds is 4. The highest BCUT2D eigenvalue weighted by Crippen LogP contribution is 2.28. The number of nitrogens with two attached hydrogens (primary N) is 1. The quantitative estimate of drug-likeness (QED) is 0.608.